The van der Waals surface area contributed by atoms with E-state index in [1.54, 1.807) is 24.3 Å². The maximum absolute atomic E-state index is 13.7. The van der Waals surface area contributed by atoms with Gasteiger partial charge in [0.1, 0.15) is 5.75 Å². The molecule has 0 atom stereocenters. The summed E-state index contributed by atoms with van der Waals surface area (Å²) in [7, 11) is 0. The average molecular weight is 325 g/mol. The standard InChI is InChI=1S/C13H10BrFN2O2/c14-7-1-3-8(4-2-7)19-12-5-9(13(17)18)11(16)6-10(12)15/h1-6H,16H2,(H2,17,18). The van der Waals surface area contributed by atoms with E-state index in [0.717, 1.165) is 10.5 Å². The summed E-state index contributed by atoms with van der Waals surface area (Å²) >= 11 is 3.28. The SMILES string of the molecule is NC(=O)c1cc(Oc2ccc(Br)cc2)c(F)cc1N. The molecular weight excluding hydrogens is 315 g/mol. The van der Waals surface area contributed by atoms with Crippen molar-refractivity contribution < 1.29 is 13.9 Å². The molecule has 0 saturated carbocycles. The van der Waals surface area contributed by atoms with Crippen LogP contribution in [0.3, 0.4) is 0 Å². The average Bonchev–Trinajstić information content (AvgIpc) is 2.34. The molecule has 0 heterocycles. The number of carbonyl (C=O) groups excluding carboxylic acids is 1. The van der Waals surface area contributed by atoms with Crippen LogP contribution in [-0.4, -0.2) is 5.91 Å². The number of ether oxygens (including phenoxy) is 1. The van der Waals surface area contributed by atoms with Gasteiger partial charge in [-0.15, -0.1) is 0 Å². The Balaban J connectivity index is 2.37. The highest BCUT2D eigenvalue weighted by Crippen LogP contribution is 2.29. The summed E-state index contributed by atoms with van der Waals surface area (Å²) in [5.74, 6) is -1.07. The van der Waals surface area contributed by atoms with E-state index in [9.17, 15) is 9.18 Å². The fourth-order valence-corrected chi connectivity index (χ4v) is 1.75. The molecule has 1 amide bonds. The third-order valence-corrected chi connectivity index (χ3v) is 2.94. The molecule has 6 heteroatoms. The first-order valence-electron chi connectivity index (χ1n) is 5.29. The molecular formula is C13H10BrFN2O2. The van der Waals surface area contributed by atoms with Gasteiger partial charge >= 0.3 is 0 Å². The third-order valence-electron chi connectivity index (χ3n) is 2.41. The van der Waals surface area contributed by atoms with E-state index in [0.29, 0.717) is 5.75 Å². The quantitative estimate of drug-likeness (QED) is 0.851. The van der Waals surface area contributed by atoms with E-state index in [2.05, 4.69) is 15.9 Å². The molecule has 0 fully saturated rings. The molecule has 19 heavy (non-hydrogen) atoms. The van der Waals surface area contributed by atoms with Crippen LogP contribution >= 0.6 is 15.9 Å². The topological polar surface area (TPSA) is 78.3 Å². The molecule has 0 saturated heterocycles. The second-order valence-corrected chi connectivity index (χ2v) is 4.71. The number of halogens is 2. The zero-order chi connectivity index (χ0) is 14.0. The first kappa shape index (κ1) is 13.4. The van der Waals surface area contributed by atoms with Gasteiger partial charge in [-0.25, -0.2) is 4.39 Å². The molecule has 98 valence electrons. The van der Waals surface area contributed by atoms with Gasteiger partial charge in [0.05, 0.1) is 5.56 Å². The molecule has 4 nitrogen and oxygen atoms in total. The monoisotopic (exact) mass is 324 g/mol. The van der Waals surface area contributed by atoms with E-state index >= 15 is 0 Å². The van der Waals surface area contributed by atoms with Crippen molar-refractivity contribution in [1.29, 1.82) is 0 Å². The first-order chi connectivity index (χ1) is 8.97. The minimum Gasteiger partial charge on any atom is -0.454 e. The Morgan fingerprint density at radius 2 is 1.84 bits per heavy atom. The summed E-state index contributed by atoms with van der Waals surface area (Å²) in [5.41, 5.74) is 10.6. The van der Waals surface area contributed by atoms with Gasteiger partial charge in [-0.1, -0.05) is 15.9 Å². The Morgan fingerprint density at radius 1 is 1.21 bits per heavy atom. The van der Waals surface area contributed by atoms with Crippen LogP contribution in [0.2, 0.25) is 0 Å². The maximum atomic E-state index is 13.7. The van der Waals surface area contributed by atoms with Crippen molar-refractivity contribution in [2.75, 3.05) is 5.73 Å². The van der Waals surface area contributed by atoms with Gasteiger partial charge in [-0.3, -0.25) is 4.79 Å². The summed E-state index contributed by atoms with van der Waals surface area (Å²) < 4.78 is 19.9. The van der Waals surface area contributed by atoms with Crippen LogP contribution in [0, 0.1) is 5.82 Å². The van der Waals surface area contributed by atoms with E-state index in [-0.39, 0.29) is 17.0 Å². The molecule has 2 aromatic rings. The van der Waals surface area contributed by atoms with Gasteiger partial charge in [-0.2, -0.15) is 0 Å². The van der Waals surface area contributed by atoms with Gasteiger partial charge in [0.15, 0.2) is 11.6 Å². The summed E-state index contributed by atoms with van der Waals surface area (Å²) in [5, 5.41) is 0. The Bertz CT molecular complexity index is 629. The lowest BCUT2D eigenvalue weighted by Crippen LogP contribution is -2.14. The number of hydrogen-bond acceptors (Lipinski definition) is 3. The number of carbonyl (C=O) groups is 1. The van der Waals surface area contributed by atoms with Crippen LogP contribution in [0.25, 0.3) is 0 Å². The molecule has 4 N–H and O–H groups in total. The van der Waals surface area contributed by atoms with Crippen molar-refractivity contribution in [2.24, 2.45) is 5.73 Å². The van der Waals surface area contributed by atoms with Crippen LogP contribution in [0.15, 0.2) is 40.9 Å². The zero-order valence-corrected chi connectivity index (χ0v) is 11.3. The van der Waals surface area contributed by atoms with Crippen LogP contribution in [-0.2, 0) is 0 Å². The van der Waals surface area contributed by atoms with Crippen molar-refractivity contribution in [3.8, 4) is 11.5 Å². The summed E-state index contributed by atoms with van der Waals surface area (Å²) in [6, 6.07) is 9.01. The highest BCUT2D eigenvalue weighted by molar-refractivity contribution is 9.10. The normalized spacial score (nSPS) is 10.2. The van der Waals surface area contributed by atoms with E-state index < -0.39 is 11.7 Å². The van der Waals surface area contributed by atoms with Crippen molar-refractivity contribution in [1.82, 2.24) is 0 Å². The second-order valence-electron chi connectivity index (χ2n) is 3.79. The Morgan fingerprint density at radius 3 is 2.42 bits per heavy atom. The van der Waals surface area contributed by atoms with Gasteiger partial charge in [0.2, 0.25) is 0 Å². The molecule has 0 radical (unpaired) electrons. The van der Waals surface area contributed by atoms with E-state index in [4.69, 9.17) is 16.2 Å². The summed E-state index contributed by atoms with van der Waals surface area (Å²) in [4.78, 5) is 11.1. The zero-order valence-electron chi connectivity index (χ0n) is 9.69. The van der Waals surface area contributed by atoms with Crippen LogP contribution in [0.4, 0.5) is 10.1 Å². The molecule has 0 aliphatic rings. The fraction of sp³-hybridized carbons (Fsp3) is 0. The van der Waals surface area contributed by atoms with Gasteiger partial charge in [-0.05, 0) is 30.3 Å². The highest BCUT2D eigenvalue weighted by atomic mass is 79.9. The van der Waals surface area contributed by atoms with Gasteiger partial charge < -0.3 is 16.2 Å². The van der Waals surface area contributed by atoms with Gasteiger partial charge in [0, 0.05) is 16.2 Å². The van der Waals surface area contributed by atoms with E-state index in [1.807, 2.05) is 0 Å². The predicted molar refractivity (Wildman–Crippen MR) is 73.5 cm³/mol. The Kier molecular flexibility index (Phi) is 3.71. The minimum absolute atomic E-state index is 0.0202. The Hall–Kier alpha value is -2.08. The first-order valence-corrected chi connectivity index (χ1v) is 6.09. The molecule has 2 rings (SSSR count). The summed E-state index contributed by atoms with van der Waals surface area (Å²) in [6.45, 7) is 0. The number of rotatable bonds is 3. The van der Waals surface area contributed by atoms with Gasteiger partial charge in [0.25, 0.3) is 5.91 Å². The molecule has 0 unspecified atom stereocenters. The van der Waals surface area contributed by atoms with Crippen LogP contribution in [0.5, 0.6) is 11.5 Å². The molecule has 0 spiro atoms. The van der Waals surface area contributed by atoms with Crippen molar-refractivity contribution >= 4 is 27.5 Å². The number of nitrogens with two attached hydrogens (primary N) is 2. The largest absolute Gasteiger partial charge is 0.454 e. The number of anilines is 1. The molecule has 0 aromatic heterocycles. The van der Waals surface area contributed by atoms with Crippen LogP contribution in [0.1, 0.15) is 10.4 Å². The number of hydrogen-bond donors (Lipinski definition) is 2. The van der Waals surface area contributed by atoms with E-state index in [1.165, 1.54) is 6.07 Å². The van der Waals surface area contributed by atoms with Crippen molar-refractivity contribution in [2.45, 2.75) is 0 Å². The molecule has 0 bridgehead atoms. The van der Waals surface area contributed by atoms with Crippen molar-refractivity contribution in [3.63, 3.8) is 0 Å². The number of nitrogen functional groups attached to an aromatic ring is 1. The lowest BCUT2D eigenvalue weighted by atomic mass is 10.1. The summed E-state index contributed by atoms with van der Waals surface area (Å²) in [6.07, 6.45) is 0. The minimum atomic E-state index is -0.738. The Labute approximate surface area is 117 Å². The maximum Gasteiger partial charge on any atom is 0.250 e. The molecule has 2 aromatic carbocycles. The second kappa shape index (κ2) is 5.27. The number of primary amides is 1. The fourth-order valence-electron chi connectivity index (χ4n) is 1.49. The predicted octanol–water partition coefficient (Wildman–Crippen LogP) is 3.06. The smallest absolute Gasteiger partial charge is 0.250 e. The number of amides is 1. The van der Waals surface area contributed by atoms with Crippen molar-refractivity contribution in [3.05, 3.63) is 52.3 Å². The van der Waals surface area contributed by atoms with Crippen LogP contribution < -0.4 is 16.2 Å². The lowest BCUT2D eigenvalue weighted by Gasteiger charge is -2.09. The third kappa shape index (κ3) is 3.03. The molecule has 0 aliphatic carbocycles. The number of benzene rings is 2. The highest BCUT2D eigenvalue weighted by Gasteiger charge is 2.13. The lowest BCUT2D eigenvalue weighted by molar-refractivity contribution is 0.100. The molecule has 0 aliphatic heterocycles.